The van der Waals surface area contributed by atoms with Gasteiger partial charge in [-0.3, -0.25) is 9.58 Å². The summed E-state index contributed by atoms with van der Waals surface area (Å²) in [5, 5.41) is 21.1. The molecule has 5 fully saturated rings. The van der Waals surface area contributed by atoms with E-state index in [-0.39, 0.29) is 11.1 Å². The second-order valence-electron chi connectivity index (χ2n) is 10.3. The van der Waals surface area contributed by atoms with E-state index in [1.165, 1.54) is 19.3 Å². The minimum atomic E-state index is -0.699. The van der Waals surface area contributed by atoms with Gasteiger partial charge >= 0.3 is 0 Å². The molecule has 3 saturated carbocycles. The average molecular weight is 455 g/mol. The molecule has 2 atom stereocenters. The summed E-state index contributed by atoms with van der Waals surface area (Å²) in [6.07, 6.45) is 9.04. The predicted molar refractivity (Wildman–Crippen MR) is 121 cm³/mol. The van der Waals surface area contributed by atoms with Gasteiger partial charge in [-0.1, -0.05) is 11.6 Å². The summed E-state index contributed by atoms with van der Waals surface area (Å²) in [6.45, 7) is 6.07. The third-order valence-corrected chi connectivity index (χ3v) is 8.65. The first kappa shape index (κ1) is 19.3. The second kappa shape index (κ2) is 6.47. The fraction of sp³-hybridized carbons (Fsp3) is 0.565. The van der Waals surface area contributed by atoms with Crippen LogP contribution in [-0.4, -0.2) is 74.2 Å². The van der Waals surface area contributed by atoms with Gasteiger partial charge in [0.1, 0.15) is 5.69 Å². The van der Waals surface area contributed by atoms with Gasteiger partial charge in [0.2, 0.25) is 0 Å². The fourth-order valence-electron chi connectivity index (χ4n) is 5.98. The van der Waals surface area contributed by atoms with Crippen molar-refractivity contribution in [1.82, 2.24) is 24.5 Å². The van der Waals surface area contributed by atoms with Gasteiger partial charge in [-0.25, -0.2) is 4.68 Å². The van der Waals surface area contributed by atoms with E-state index in [1.807, 2.05) is 23.1 Å². The first-order chi connectivity index (χ1) is 15.5. The first-order valence-corrected chi connectivity index (χ1v) is 11.9. The molecule has 9 heteroatoms. The van der Waals surface area contributed by atoms with Crippen LogP contribution in [0.25, 0.3) is 16.6 Å². The summed E-state index contributed by atoms with van der Waals surface area (Å²) in [7, 11) is 0. The van der Waals surface area contributed by atoms with E-state index < -0.39 is 6.29 Å². The van der Waals surface area contributed by atoms with E-state index in [1.54, 1.807) is 0 Å². The van der Waals surface area contributed by atoms with Crippen LogP contribution in [0.3, 0.4) is 0 Å². The van der Waals surface area contributed by atoms with E-state index >= 15 is 0 Å². The molecule has 1 aromatic carbocycles. The molecule has 0 radical (unpaired) electrons. The number of benzene rings is 1. The number of piperazine rings is 1. The van der Waals surface area contributed by atoms with Crippen LogP contribution in [0.1, 0.15) is 26.2 Å². The van der Waals surface area contributed by atoms with Crippen LogP contribution in [0.15, 0.2) is 30.7 Å². The lowest BCUT2D eigenvalue weighted by molar-refractivity contribution is -0.286. The molecule has 2 aromatic heterocycles. The van der Waals surface area contributed by atoms with Crippen LogP contribution in [0.4, 0.5) is 5.69 Å². The van der Waals surface area contributed by atoms with Crippen molar-refractivity contribution < 1.29 is 9.84 Å². The minimum Gasteiger partial charge on any atom is -0.368 e. The van der Waals surface area contributed by atoms with E-state index in [0.29, 0.717) is 6.61 Å². The largest absolute Gasteiger partial charge is 0.368 e. The molecule has 1 N–H and O–H groups in total. The minimum absolute atomic E-state index is 0.274. The standard InChI is InChI=1S/C23H27ClN6O2/c1-22(14-32-21(22)31)28-4-2-27(3-5-28)20-7-19-16(6-18(20)24)11-26-30(19)17-12-25-29(13-17)23-8-15(9-23)10-23/h6-7,11-13,15,21,31H,2-5,8-10,14H2,1H3/t15?,21-,22-,23?/m1/s1. The molecule has 2 bridgehead atoms. The number of hydrogen-bond acceptors (Lipinski definition) is 6. The molecule has 0 unspecified atom stereocenters. The number of rotatable bonds is 4. The monoisotopic (exact) mass is 454 g/mol. The highest BCUT2D eigenvalue weighted by Gasteiger charge is 2.58. The summed E-state index contributed by atoms with van der Waals surface area (Å²) >= 11 is 6.71. The Morgan fingerprint density at radius 3 is 2.50 bits per heavy atom. The van der Waals surface area contributed by atoms with Crippen molar-refractivity contribution in [2.24, 2.45) is 5.92 Å². The summed E-state index contributed by atoms with van der Waals surface area (Å²) < 4.78 is 9.36. The van der Waals surface area contributed by atoms with E-state index in [0.717, 1.165) is 59.4 Å². The molecular weight excluding hydrogens is 428 g/mol. The van der Waals surface area contributed by atoms with Crippen molar-refractivity contribution in [3.63, 3.8) is 0 Å². The molecule has 4 heterocycles. The Morgan fingerprint density at radius 1 is 1.09 bits per heavy atom. The van der Waals surface area contributed by atoms with Gasteiger partial charge in [-0.15, -0.1) is 0 Å². The Kier molecular flexibility index (Phi) is 3.91. The quantitative estimate of drug-likeness (QED) is 0.653. The van der Waals surface area contributed by atoms with Gasteiger partial charge in [-0.05, 0) is 44.2 Å². The number of anilines is 1. The maximum absolute atomic E-state index is 10.0. The normalized spacial score (nSPS) is 34.3. The number of hydrogen-bond donors (Lipinski definition) is 1. The molecule has 8 rings (SSSR count). The zero-order chi connectivity index (χ0) is 21.7. The topological polar surface area (TPSA) is 71.6 Å². The van der Waals surface area contributed by atoms with Crippen molar-refractivity contribution in [3.05, 3.63) is 35.7 Å². The Labute approximate surface area is 191 Å². The molecule has 168 valence electrons. The molecule has 3 aromatic rings. The van der Waals surface area contributed by atoms with Gasteiger partial charge in [-0.2, -0.15) is 10.2 Å². The summed E-state index contributed by atoms with van der Waals surface area (Å²) in [5.74, 6) is 0.918. The first-order valence-electron chi connectivity index (χ1n) is 11.5. The zero-order valence-electron chi connectivity index (χ0n) is 18.1. The Morgan fingerprint density at radius 2 is 1.88 bits per heavy atom. The van der Waals surface area contributed by atoms with Crippen LogP contribution in [0.5, 0.6) is 0 Å². The number of aromatic nitrogens is 4. The summed E-state index contributed by atoms with van der Waals surface area (Å²) in [5.41, 5.74) is 3.06. The highest BCUT2D eigenvalue weighted by molar-refractivity contribution is 6.34. The molecule has 0 spiro atoms. The Hall–Kier alpha value is -2.13. The maximum atomic E-state index is 10.0. The van der Waals surface area contributed by atoms with Crippen molar-refractivity contribution in [2.75, 3.05) is 37.7 Å². The highest BCUT2D eigenvalue weighted by atomic mass is 35.5. The van der Waals surface area contributed by atoms with Crippen LogP contribution >= 0.6 is 11.6 Å². The van der Waals surface area contributed by atoms with Gasteiger partial charge in [0.25, 0.3) is 0 Å². The van der Waals surface area contributed by atoms with Gasteiger partial charge in [0.15, 0.2) is 6.29 Å². The molecule has 5 aliphatic rings. The zero-order valence-corrected chi connectivity index (χ0v) is 18.9. The second-order valence-corrected chi connectivity index (χ2v) is 10.7. The lowest BCUT2D eigenvalue weighted by Gasteiger charge is -2.61. The number of nitrogens with zero attached hydrogens (tertiary/aromatic N) is 6. The molecular formula is C23H27ClN6O2. The summed E-state index contributed by atoms with van der Waals surface area (Å²) in [6, 6.07) is 4.17. The lowest BCUT2D eigenvalue weighted by Crippen LogP contribution is -2.69. The third kappa shape index (κ3) is 2.55. The van der Waals surface area contributed by atoms with Crippen molar-refractivity contribution >= 4 is 28.2 Å². The molecule has 0 amide bonds. The summed E-state index contributed by atoms with van der Waals surface area (Å²) in [4.78, 5) is 4.66. The van der Waals surface area contributed by atoms with Crippen LogP contribution in [0.2, 0.25) is 5.02 Å². The number of halogens is 1. The number of ether oxygens (including phenoxy) is 1. The average Bonchev–Trinajstić information content (AvgIpc) is 3.36. The molecule has 3 aliphatic carbocycles. The van der Waals surface area contributed by atoms with Gasteiger partial charge < -0.3 is 14.7 Å². The number of aliphatic hydroxyl groups excluding tert-OH is 1. The van der Waals surface area contributed by atoms with Crippen molar-refractivity contribution in [2.45, 2.75) is 43.6 Å². The van der Waals surface area contributed by atoms with E-state index in [9.17, 15) is 5.11 Å². The van der Waals surface area contributed by atoms with Gasteiger partial charge in [0, 0.05) is 31.6 Å². The van der Waals surface area contributed by atoms with Crippen molar-refractivity contribution in [3.8, 4) is 5.69 Å². The Bertz CT molecular complexity index is 1200. The molecule has 2 aliphatic heterocycles. The van der Waals surface area contributed by atoms with Gasteiger partial charge in [0.05, 0.1) is 52.5 Å². The van der Waals surface area contributed by atoms with Crippen LogP contribution < -0.4 is 4.90 Å². The van der Waals surface area contributed by atoms with E-state index in [4.69, 9.17) is 16.3 Å². The lowest BCUT2D eigenvalue weighted by atomic mass is 9.50. The number of aliphatic hydroxyl groups is 1. The SMILES string of the molecule is C[C@@]1(N2CCN(c3cc4c(cnn4-c4cnn(C56CC(C5)C6)c4)cc3Cl)CC2)CO[C@H]1O. The van der Waals surface area contributed by atoms with Crippen molar-refractivity contribution in [1.29, 1.82) is 0 Å². The fourth-order valence-corrected chi connectivity index (χ4v) is 6.27. The number of fused-ring (bicyclic) bond motifs is 1. The maximum Gasteiger partial charge on any atom is 0.175 e. The molecule has 32 heavy (non-hydrogen) atoms. The van der Waals surface area contributed by atoms with Crippen LogP contribution in [0, 0.1) is 5.92 Å². The highest BCUT2D eigenvalue weighted by Crippen LogP contribution is 2.62. The molecule has 8 nitrogen and oxygen atoms in total. The van der Waals surface area contributed by atoms with E-state index in [2.05, 4.69) is 43.9 Å². The molecule has 2 saturated heterocycles. The Balaban J connectivity index is 1.17. The third-order valence-electron chi connectivity index (χ3n) is 8.35. The van der Waals surface area contributed by atoms with Crippen LogP contribution in [-0.2, 0) is 10.3 Å². The predicted octanol–water partition coefficient (Wildman–Crippen LogP) is 2.61. The smallest absolute Gasteiger partial charge is 0.175 e.